The number of hydrogen-bond acceptors (Lipinski definition) is 10. The van der Waals surface area contributed by atoms with E-state index in [1.165, 1.54) is 77.0 Å². The Morgan fingerprint density at radius 3 is 1.41 bits per heavy atom. The van der Waals surface area contributed by atoms with Crippen LogP contribution in [0.2, 0.25) is 0 Å². The SMILES string of the molecule is CC/C=C\C/C=C\C/C=C\C/C=C\C/C=C\CCCCCCCC(=O)OC1C(OCC(NC(=O)C(O)CCCCCCCC/C=C\C/C=C\CCCCC)C(O)/C=C/CCCCCCCCCCCC)OC(CO)C(O)C1O. The second-order valence-electron chi connectivity index (χ2n) is 21.4. The molecular formula is C67H115NO10. The van der Waals surface area contributed by atoms with Crippen molar-refractivity contribution in [2.24, 2.45) is 0 Å². The van der Waals surface area contributed by atoms with Gasteiger partial charge in [-0.2, -0.15) is 0 Å². The molecule has 1 saturated heterocycles. The Balaban J connectivity index is 2.69. The number of esters is 1. The van der Waals surface area contributed by atoms with Crippen LogP contribution >= 0.6 is 0 Å². The second kappa shape index (κ2) is 54.2. The standard InChI is InChI=1S/C67H115NO10/c1-4-7-10-13-16-19-22-25-27-29-30-31-32-33-35-37-40-43-46-49-52-55-62(72)78-65-64(74)63(73)61(56-69)77-67(65)76-57-58(59(70)53-50-47-44-41-38-24-21-18-15-12-9-6-3)68-66(75)60(71)54-51-48-45-42-39-36-34-28-26-23-20-17-14-11-8-5-2/h7,10,16-17,19-20,25-28,30-31,33,35,50,53,58-61,63-65,67,69-71,73-74H,4-6,8-9,11-15,18,21-24,29,32,34,36-49,51-52,54-57H2,1-3H3,(H,68,75)/b10-7-,19-16-,20-17-,27-25-,28-26-,31-30-,35-33-,53-50+. The molecule has 0 aromatic carbocycles. The molecule has 8 unspecified atom stereocenters. The average molecular weight is 1090 g/mol. The molecule has 11 heteroatoms. The number of carbonyl (C=O) groups excluding carboxylic acids is 2. The number of hydrogen-bond donors (Lipinski definition) is 6. The number of amides is 1. The highest BCUT2D eigenvalue weighted by Crippen LogP contribution is 2.26. The molecular weight excluding hydrogens is 979 g/mol. The van der Waals surface area contributed by atoms with Gasteiger partial charge in [0.1, 0.15) is 24.4 Å². The predicted molar refractivity (Wildman–Crippen MR) is 324 cm³/mol. The molecule has 0 spiro atoms. The Hall–Kier alpha value is -3.42. The van der Waals surface area contributed by atoms with Crippen LogP contribution in [0.15, 0.2) is 97.2 Å². The van der Waals surface area contributed by atoms with E-state index in [0.717, 1.165) is 128 Å². The molecule has 1 heterocycles. The van der Waals surface area contributed by atoms with Crippen LogP contribution in [0.3, 0.4) is 0 Å². The summed E-state index contributed by atoms with van der Waals surface area (Å²) in [5, 5.41) is 57.0. The molecule has 1 aliphatic heterocycles. The third-order valence-corrected chi connectivity index (χ3v) is 14.2. The number of unbranched alkanes of at least 4 members (excludes halogenated alkanes) is 24. The van der Waals surface area contributed by atoms with E-state index >= 15 is 0 Å². The summed E-state index contributed by atoms with van der Waals surface area (Å²) in [6.45, 7) is 5.63. The third kappa shape index (κ3) is 41.6. The van der Waals surface area contributed by atoms with E-state index in [1.54, 1.807) is 6.08 Å². The monoisotopic (exact) mass is 1090 g/mol. The lowest BCUT2D eigenvalue weighted by atomic mass is 9.99. The van der Waals surface area contributed by atoms with Crippen molar-refractivity contribution in [1.82, 2.24) is 5.32 Å². The van der Waals surface area contributed by atoms with Gasteiger partial charge in [-0.3, -0.25) is 9.59 Å². The fourth-order valence-corrected chi connectivity index (χ4v) is 9.24. The molecule has 0 saturated carbocycles. The summed E-state index contributed by atoms with van der Waals surface area (Å²) in [4.78, 5) is 26.6. The van der Waals surface area contributed by atoms with E-state index in [0.29, 0.717) is 12.8 Å². The van der Waals surface area contributed by atoms with E-state index < -0.39 is 67.4 Å². The van der Waals surface area contributed by atoms with Gasteiger partial charge < -0.3 is 45.1 Å². The minimum absolute atomic E-state index is 0.0958. The van der Waals surface area contributed by atoms with E-state index in [1.807, 2.05) is 6.08 Å². The molecule has 6 N–H and O–H groups in total. The molecule has 0 aliphatic carbocycles. The van der Waals surface area contributed by atoms with E-state index in [2.05, 4.69) is 111 Å². The molecule has 0 radical (unpaired) electrons. The molecule has 78 heavy (non-hydrogen) atoms. The minimum Gasteiger partial charge on any atom is -0.454 e. The largest absolute Gasteiger partial charge is 0.454 e. The van der Waals surface area contributed by atoms with Crippen LogP contribution < -0.4 is 5.32 Å². The molecule has 11 nitrogen and oxygen atoms in total. The smallest absolute Gasteiger partial charge is 0.306 e. The molecule has 0 bridgehead atoms. The van der Waals surface area contributed by atoms with E-state index in [9.17, 15) is 35.1 Å². The first kappa shape index (κ1) is 72.6. The fourth-order valence-electron chi connectivity index (χ4n) is 9.24. The maximum absolute atomic E-state index is 13.4. The molecule has 8 atom stereocenters. The van der Waals surface area contributed by atoms with Gasteiger partial charge in [-0.05, 0) is 103 Å². The number of aliphatic hydroxyl groups excluding tert-OH is 5. The highest BCUT2D eigenvalue weighted by Gasteiger charge is 2.47. The van der Waals surface area contributed by atoms with Crippen LogP contribution in [0.1, 0.15) is 252 Å². The van der Waals surface area contributed by atoms with Gasteiger partial charge in [-0.1, -0.05) is 240 Å². The van der Waals surface area contributed by atoms with Crippen LogP contribution in [0.25, 0.3) is 0 Å². The van der Waals surface area contributed by atoms with Gasteiger partial charge >= 0.3 is 5.97 Å². The summed E-state index contributed by atoms with van der Waals surface area (Å²) in [6.07, 6.45) is 61.5. The highest BCUT2D eigenvalue weighted by molar-refractivity contribution is 5.80. The normalized spacial score (nSPS) is 19.6. The lowest BCUT2D eigenvalue weighted by Gasteiger charge is -2.41. The van der Waals surface area contributed by atoms with Gasteiger partial charge in [0.05, 0.1) is 25.4 Å². The molecule has 0 aromatic heterocycles. The molecule has 0 aromatic rings. The summed E-state index contributed by atoms with van der Waals surface area (Å²) in [7, 11) is 0. The van der Waals surface area contributed by atoms with Gasteiger partial charge in [0.25, 0.3) is 0 Å². The Labute approximate surface area is 475 Å². The quantitative estimate of drug-likeness (QED) is 0.0195. The summed E-state index contributed by atoms with van der Waals surface area (Å²) in [6, 6.07) is -1.04. The first-order chi connectivity index (χ1) is 38.2. The topological polar surface area (TPSA) is 175 Å². The van der Waals surface area contributed by atoms with Crippen LogP contribution in [0, 0.1) is 0 Å². The first-order valence-electron chi connectivity index (χ1n) is 31.5. The first-order valence-corrected chi connectivity index (χ1v) is 31.5. The third-order valence-electron chi connectivity index (χ3n) is 14.2. The maximum atomic E-state index is 13.4. The van der Waals surface area contributed by atoms with Crippen LogP contribution in [0.4, 0.5) is 0 Å². The lowest BCUT2D eigenvalue weighted by Crippen LogP contribution is -2.61. The number of carbonyl (C=O) groups is 2. The molecule has 448 valence electrons. The predicted octanol–water partition coefficient (Wildman–Crippen LogP) is 15.1. The Bertz CT molecular complexity index is 1630. The van der Waals surface area contributed by atoms with Crippen molar-refractivity contribution in [3.05, 3.63) is 97.2 Å². The van der Waals surface area contributed by atoms with E-state index in [-0.39, 0.29) is 19.4 Å². The maximum Gasteiger partial charge on any atom is 0.306 e. The molecule has 1 aliphatic rings. The summed E-state index contributed by atoms with van der Waals surface area (Å²) in [5.74, 6) is -1.23. The number of ether oxygens (including phenoxy) is 3. The number of nitrogens with one attached hydrogen (secondary N) is 1. The lowest BCUT2D eigenvalue weighted by molar-refractivity contribution is -0.305. The van der Waals surface area contributed by atoms with Crippen molar-refractivity contribution in [1.29, 1.82) is 0 Å². The second-order valence-corrected chi connectivity index (χ2v) is 21.4. The van der Waals surface area contributed by atoms with Gasteiger partial charge in [-0.15, -0.1) is 0 Å². The summed E-state index contributed by atoms with van der Waals surface area (Å²) < 4.78 is 17.6. The number of rotatable bonds is 52. The van der Waals surface area contributed by atoms with Gasteiger partial charge in [0.2, 0.25) is 5.91 Å². The Morgan fingerprint density at radius 1 is 0.513 bits per heavy atom. The number of allylic oxidation sites excluding steroid dienone is 15. The van der Waals surface area contributed by atoms with Crippen molar-refractivity contribution < 1.29 is 49.3 Å². The van der Waals surface area contributed by atoms with Crippen LogP contribution in [-0.2, 0) is 23.8 Å². The summed E-state index contributed by atoms with van der Waals surface area (Å²) in [5.41, 5.74) is 0. The number of aliphatic hydroxyl groups is 5. The zero-order chi connectivity index (χ0) is 56.8. The molecule has 1 rings (SSSR count). The zero-order valence-electron chi connectivity index (χ0n) is 49.5. The minimum atomic E-state index is -1.63. The van der Waals surface area contributed by atoms with Crippen molar-refractivity contribution in [3.8, 4) is 0 Å². The summed E-state index contributed by atoms with van der Waals surface area (Å²) >= 11 is 0. The van der Waals surface area contributed by atoms with E-state index in [4.69, 9.17) is 14.2 Å². The highest BCUT2D eigenvalue weighted by atomic mass is 16.7. The molecule has 1 amide bonds. The zero-order valence-corrected chi connectivity index (χ0v) is 49.5. The van der Waals surface area contributed by atoms with Gasteiger partial charge in [0.15, 0.2) is 12.4 Å². The van der Waals surface area contributed by atoms with Gasteiger partial charge in [-0.25, -0.2) is 0 Å². The van der Waals surface area contributed by atoms with Crippen LogP contribution in [0.5, 0.6) is 0 Å². The van der Waals surface area contributed by atoms with Crippen LogP contribution in [-0.4, -0.2) is 99.6 Å². The van der Waals surface area contributed by atoms with Crippen molar-refractivity contribution in [2.75, 3.05) is 13.2 Å². The Morgan fingerprint density at radius 2 is 0.923 bits per heavy atom. The van der Waals surface area contributed by atoms with Crippen molar-refractivity contribution in [2.45, 2.75) is 301 Å². The Kier molecular flexibility index (Phi) is 50.4. The van der Waals surface area contributed by atoms with Crippen molar-refractivity contribution in [3.63, 3.8) is 0 Å². The van der Waals surface area contributed by atoms with Gasteiger partial charge in [0, 0.05) is 6.42 Å². The van der Waals surface area contributed by atoms with Crippen molar-refractivity contribution >= 4 is 11.9 Å². The molecule has 1 fully saturated rings. The fraction of sp³-hybridized carbons (Fsp3) is 0.731. The average Bonchev–Trinajstić information content (AvgIpc) is 3.45.